The molecular formula is C14H10ClF2NO. The first-order valence-corrected chi connectivity index (χ1v) is 5.92. The van der Waals surface area contributed by atoms with Gasteiger partial charge in [0, 0.05) is 22.7 Å². The molecule has 0 radical (unpaired) electrons. The van der Waals surface area contributed by atoms with Crippen molar-refractivity contribution in [2.75, 3.05) is 0 Å². The molecule has 98 valence electrons. The van der Waals surface area contributed by atoms with Gasteiger partial charge in [-0.3, -0.25) is 4.79 Å². The number of carbonyl (C=O) groups excluding carboxylic acids is 1. The number of hydrogen-bond donors (Lipinski definition) is 1. The second-order valence-electron chi connectivity index (χ2n) is 3.89. The van der Waals surface area contributed by atoms with Crippen LogP contribution in [0.3, 0.4) is 0 Å². The molecule has 0 saturated carbocycles. The summed E-state index contributed by atoms with van der Waals surface area (Å²) in [6.07, 6.45) is 0. The van der Waals surface area contributed by atoms with Gasteiger partial charge in [-0.2, -0.15) is 0 Å². The van der Waals surface area contributed by atoms with Gasteiger partial charge in [-0.1, -0.05) is 17.7 Å². The number of nitrogens with one attached hydrogen (secondary N) is 1. The third kappa shape index (κ3) is 3.29. The maximum atomic E-state index is 13.3. The van der Waals surface area contributed by atoms with Gasteiger partial charge in [0.05, 0.1) is 0 Å². The third-order valence-corrected chi connectivity index (χ3v) is 2.85. The van der Waals surface area contributed by atoms with Crippen LogP contribution in [-0.4, -0.2) is 5.91 Å². The minimum atomic E-state index is -0.684. The maximum absolute atomic E-state index is 13.3. The number of hydrogen-bond acceptors (Lipinski definition) is 1. The van der Waals surface area contributed by atoms with Crippen molar-refractivity contribution in [1.82, 2.24) is 5.32 Å². The van der Waals surface area contributed by atoms with Crippen molar-refractivity contribution in [2.24, 2.45) is 0 Å². The third-order valence-electron chi connectivity index (χ3n) is 2.59. The summed E-state index contributed by atoms with van der Waals surface area (Å²) >= 11 is 5.70. The molecule has 0 aromatic heterocycles. The maximum Gasteiger partial charge on any atom is 0.251 e. The van der Waals surface area contributed by atoms with Crippen molar-refractivity contribution >= 4 is 17.5 Å². The second-order valence-corrected chi connectivity index (χ2v) is 4.33. The topological polar surface area (TPSA) is 29.1 Å². The predicted molar refractivity (Wildman–Crippen MR) is 69.0 cm³/mol. The van der Waals surface area contributed by atoms with Gasteiger partial charge in [0.15, 0.2) is 0 Å². The van der Waals surface area contributed by atoms with Gasteiger partial charge in [-0.05, 0) is 36.4 Å². The molecule has 0 aliphatic heterocycles. The lowest BCUT2D eigenvalue weighted by atomic mass is 10.1. The highest BCUT2D eigenvalue weighted by Crippen LogP contribution is 2.13. The second kappa shape index (κ2) is 5.80. The molecule has 0 saturated heterocycles. The van der Waals surface area contributed by atoms with E-state index in [2.05, 4.69) is 5.32 Å². The van der Waals surface area contributed by atoms with Crippen LogP contribution in [0.4, 0.5) is 8.78 Å². The van der Waals surface area contributed by atoms with Crippen LogP contribution in [0.1, 0.15) is 15.9 Å². The van der Waals surface area contributed by atoms with E-state index in [0.717, 1.165) is 12.1 Å². The zero-order chi connectivity index (χ0) is 13.8. The van der Waals surface area contributed by atoms with Crippen molar-refractivity contribution in [3.05, 3.63) is 70.2 Å². The molecular weight excluding hydrogens is 272 g/mol. The highest BCUT2D eigenvalue weighted by molar-refractivity contribution is 6.30. The molecule has 0 bridgehead atoms. The van der Waals surface area contributed by atoms with Gasteiger partial charge < -0.3 is 5.32 Å². The summed E-state index contributed by atoms with van der Waals surface area (Å²) in [5, 5.41) is 2.97. The summed E-state index contributed by atoms with van der Waals surface area (Å²) in [4.78, 5) is 11.8. The van der Waals surface area contributed by atoms with Crippen LogP contribution in [0.15, 0.2) is 42.5 Å². The quantitative estimate of drug-likeness (QED) is 0.916. The van der Waals surface area contributed by atoms with E-state index in [1.165, 1.54) is 18.2 Å². The Morgan fingerprint density at radius 3 is 2.21 bits per heavy atom. The number of amides is 1. The lowest BCUT2D eigenvalue weighted by Crippen LogP contribution is -2.23. The first-order valence-electron chi connectivity index (χ1n) is 5.54. The molecule has 0 aliphatic rings. The molecule has 2 aromatic carbocycles. The SMILES string of the molecule is O=C(NCc1c(F)cccc1F)c1ccc(Cl)cc1. The molecule has 2 rings (SSSR count). The zero-order valence-electron chi connectivity index (χ0n) is 9.79. The van der Waals surface area contributed by atoms with Crippen LogP contribution < -0.4 is 5.32 Å². The fourth-order valence-corrected chi connectivity index (χ4v) is 1.70. The van der Waals surface area contributed by atoms with Crippen LogP contribution in [0, 0.1) is 11.6 Å². The van der Waals surface area contributed by atoms with E-state index in [0.29, 0.717) is 10.6 Å². The molecule has 0 unspecified atom stereocenters. The van der Waals surface area contributed by atoms with E-state index in [-0.39, 0.29) is 12.1 Å². The van der Waals surface area contributed by atoms with Crippen LogP contribution in [-0.2, 0) is 6.54 Å². The molecule has 5 heteroatoms. The average molecular weight is 282 g/mol. The zero-order valence-corrected chi connectivity index (χ0v) is 10.5. The highest BCUT2D eigenvalue weighted by atomic mass is 35.5. The Labute approximate surface area is 114 Å². The number of benzene rings is 2. The lowest BCUT2D eigenvalue weighted by Gasteiger charge is -2.07. The minimum Gasteiger partial charge on any atom is -0.348 e. The predicted octanol–water partition coefficient (Wildman–Crippen LogP) is 3.55. The van der Waals surface area contributed by atoms with E-state index in [1.807, 2.05) is 0 Å². The first kappa shape index (κ1) is 13.5. The van der Waals surface area contributed by atoms with Gasteiger partial charge in [0.25, 0.3) is 5.91 Å². The van der Waals surface area contributed by atoms with Crippen LogP contribution >= 0.6 is 11.6 Å². The summed E-state index contributed by atoms with van der Waals surface area (Å²) in [5.74, 6) is -1.79. The van der Waals surface area contributed by atoms with Crippen molar-refractivity contribution in [2.45, 2.75) is 6.54 Å². The Morgan fingerprint density at radius 2 is 1.63 bits per heavy atom. The largest absolute Gasteiger partial charge is 0.348 e. The van der Waals surface area contributed by atoms with E-state index < -0.39 is 17.5 Å². The summed E-state index contributed by atoms with van der Waals surface area (Å²) < 4.78 is 26.7. The van der Waals surface area contributed by atoms with E-state index >= 15 is 0 Å². The minimum absolute atomic E-state index is 0.162. The molecule has 19 heavy (non-hydrogen) atoms. The van der Waals surface area contributed by atoms with Gasteiger partial charge in [-0.15, -0.1) is 0 Å². The Balaban J connectivity index is 2.06. The molecule has 0 fully saturated rings. The fourth-order valence-electron chi connectivity index (χ4n) is 1.57. The van der Waals surface area contributed by atoms with E-state index in [9.17, 15) is 13.6 Å². The molecule has 2 aromatic rings. The Hall–Kier alpha value is -1.94. The van der Waals surface area contributed by atoms with Crippen LogP contribution in [0.2, 0.25) is 5.02 Å². The molecule has 0 heterocycles. The lowest BCUT2D eigenvalue weighted by molar-refractivity contribution is 0.0950. The first-order chi connectivity index (χ1) is 9.08. The van der Waals surface area contributed by atoms with E-state index in [4.69, 9.17) is 11.6 Å². The molecule has 0 spiro atoms. The Bertz CT molecular complexity index is 579. The Kier molecular flexibility index (Phi) is 4.12. The van der Waals surface area contributed by atoms with Crippen molar-refractivity contribution < 1.29 is 13.6 Å². The molecule has 0 aliphatic carbocycles. The summed E-state index contributed by atoms with van der Waals surface area (Å²) in [5.41, 5.74) is 0.214. The number of rotatable bonds is 3. The van der Waals surface area contributed by atoms with Crippen molar-refractivity contribution in [3.8, 4) is 0 Å². The van der Waals surface area contributed by atoms with E-state index in [1.54, 1.807) is 12.1 Å². The van der Waals surface area contributed by atoms with Crippen LogP contribution in [0.5, 0.6) is 0 Å². The van der Waals surface area contributed by atoms with Crippen molar-refractivity contribution in [3.63, 3.8) is 0 Å². The highest BCUT2D eigenvalue weighted by Gasteiger charge is 2.10. The van der Waals surface area contributed by atoms with Gasteiger partial charge in [-0.25, -0.2) is 8.78 Å². The monoisotopic (exact) mass is 281 g/mol. The fraction of sp³-hybridized carbons (Fsp3) is 0.0714. The molecule has 1 N–H and O–H groups in total. The normalized spacial score (nSPS) is 10.3. The number of carbonyl (C=O) groups is 1. The standard InChI is InChI=1S/C14H10ClF2NO/c15-10-6-4-9(5-7-10)14(19)18-8-11-12(16)2-1-3-13(11)17/h1-7H,8H2,(H,18,19). The molecule has 1 amide bonds. The molecule has 0 atom stereocenters. The van der Waals surface area contributed by atoms with Crippen LogP contribution in [0.25, 0.3) is 0 Å². The summed E-state index contributed by atoms with van der Waals surface area (Å²) in [7, 11) is 0. The number of halogens is 3. The van der Waals surface area contributed by atoms with Gasteiger partial charge >= 0.3 is 0 Å². The smallest absolute Gasteiger partial charge is 0.251 e. The van der Waals surface area contributed by atoms with Crippen molar-refractivity contribution in [1.29, 1.82) is 0 Å². The summed E-state index contributed by atoms with van der Waals surface area (Å²) in [6, 6.07) is 9.78. The molecule has 2 nitrogen and oxygen atoms in total. The average Bonchev–Trinajstić information content (AvgIpc) is 2.38. The summed E-state index contributed by atoms with van der Waals surface area (Å²) in [6.45, 7) is -0.208. The van der Waals surface area contributed by atoms with Gasteiger partial charge in [0.1, 0.15) is 11.6 Å². The Morgan fingerprint density at radius 1 is 1.05 bits per heavy atom. The van der Waals surface area contributed by atoms with Gasteiger partial charge in [0.2, 0.25) is 0 Å².